The lowest BCUT2D eigenvalue weighted by Gasteiger charge is -2.22. The molecule has 0 radical (unpaired) electrons. The number of hydrogen-bond donors (Lipinski definition) is 3. The second kappa shape index (κ2) is 8.58. The minimum absolute atomic E-state index is 0. The van der Waals surface area contributed by atoms with E-state index in [0.29, 0.717) is 6.42 Å². The number of hydrogen-bond acceptors (Lipinski definition) is 4. The third-order valence-electron chi connectivity index (χ3n) is 4.28. The smallest absolute Gasteiger partial charge is 0.225 e. The van der Waals surface area contributed by atoms with Crippen LogP contribution in [0, 0.1) is 0 Å². The fourth-order valence-electron chi connectivity index (χ4n) is 3.05. The molecule has 0 saturated carbocycles. The van der Waals surface area contributed by atoms with Gasteiger partial charge >= 0.3 is 0 Å². The molecule has 0 aliphatic carbocycles. The summed E-state index contributed by atoms with van der Waals surface area (Å²) < 4.78 is 0. The number of imidazole rings is 1. The lowest BCUT2D eigenvalue weighted by Crippen LogP contribution is -2.39. The SMILES string of the molecule is Cl.O=C(CC1CSCCN1)Nc1ccccc1-c1nc2ccccc2[nH]1. The van der Waals surface area contributed by atoms with E-state index in [1.54, 1.807) is 0 Å². The Hall–Kier alpha value is -2.02. The minimum atomic E-state index is 0. The Morgan fingerprint density at radius 2 is 2.00 bits per heavy atom. The lowest BCUT2D eigenvalue weighted by atomic mass is 10.1. The number of nitrogens with zero attached hydrogens (tertiary/aromatic N) is 1. The Bertz CT molecular complexity index is 859. The van der Waals surface area contributed by atoms with Crippen molar-refractivity contribution in [3.63, 3.8) is 0 Å². The average molecular weight is 389 g/mol. The Balaban J connectivity index is 0.00000196. The average Bonchev–Trinajstić information content (AvgIpc) is 3.07. The van der Waals surface area contributed by atoms with Gasteiger partial charge in [0.2, 0.25) is 5.91 Å². The molecule has 1 atom stereocenters. The number of anilines is 1. The molecule has 26 heavy (non-hydrogen) atoms. The molecule has 0 spiro atoms. The normalized spacial score (nSPS) is 16.8. The van der Waals surface area contributed by atoms with Gasteiger partial charge in [-0.2, -0.15) is 11.8 Å². The molecule has 2 heterocycles. The van der Waals surface area contributed by atoms with Crippen molar-refractivity contribution < 1.29 is 4.79 Å². The highest BCUT2D eigenvalue weighted by atomic mass is 35.5. The van der Waals surface area contributed by atoms with Gasteiger partial charge in [0.25, 0.3) is 0 Å². The fourth-order valence-corrected chi connectivity index (χ4v) is 4.00. The van der Waals surface area contributed by atoms with Gasteiger partial charge in [-0.05, 0) is 24.3 Å². The van der Waals surface area contributed by atoms with E-state index < -0.39 is 0 Å². The van der Waals surface area contributed by atoms with Crippen molar-refractivity contribution in [1.82, 2.24) is 15.3 Å². The zero-order valence-corrected chi connectivity index (χ0v) is 15.8. The number of benzene rings is 2. The maximum atomic E-state index is 12.4. The van der Waals surface area contributed by atoms with Gasteiger partial charge in [0.15, 0.2) is 0 Å². The van der Waals surface area contributed by atoms with Crippen LogP contribution in [-0.2, 0) is 4.79 Å². The van der Waals surface area contributed by atoms with Crippen LogP contribution >= 0.6 is 24.2 Å². The van der Waals surface area contributed by atoms with Crippen molar-refractivity contribution in [1.29, 1.82) is 0 Å². The number of amides is 1. The molecule has 0 bridgehead atoms. The molecule has 4 rings (SSSR count). The van der Waals surface area contributed by atoms with Gasteiger partial charge < -0.3 is 15.6 Å². The summed E-state index contributed by atoms with van der Waals surface area (Å²) >= 11 is 1.90. The molecule has 1 saturated heterocycles. The van der Waals surface area contributed by atoms with Crippen molar-refractivity contribution in [2.24, 2.45) is 0 Å². The van der Waals surface area contributed by atoms with Crippen molar-refractivity contribution in [3.05, 3.63) is 48.5 Å². The number of aromatic amines is 1. The molecule has 136 valence electrons. The maximum absolute atomic E-state index is 12.4. The highest BCUT2D eigenvalue weighted by Gasteiger charge is 2.18. The summed E-state index contributed by atoms with van der Waals surface area (Å²) in [7, 11) is 0. The number of H-pyrrole nitrogens is 1. The number of carbonyl (C=O) groups excluding carboxylic acids is 1. The Labute approximate surface area is 162 Å². The van der Waals surface area contributed by atoms with Gasteiger partial charge in [0, 0.05) is 36.1 Å². The molecule has 5 nitrogen and oxygen atoms in total. The van der Waals surface area contributed by atoms with Gasteiger partial charge in [-0.3, -0.25) is 4.79 Å². The lowest BCUT2D eigenvalue weighted by molar-refractivity contribution is -0.116. The number of thioether (sulfide) groups is 1. The summed E-state index contributed by atoms with van der Waals surface area (Å²) in [4.78, 5) is 20.4. The number of aromatic nitrogens is 2. The molecule has 1 unspecified atom stereocenters. The first-order valence-corrected chi connectivity index (χ1v) is 9.60. The predicted octanol–water partition coefficient (Wildman–Crippen LogP) is 3.69. The van der Waals surface area contributed by atoms with Crippen molar-refractivity contribution >= 4 is 46.8 Å². The molecule has 3 N–H and O–H groups in total. The second-order valence-electron chi connectivity index (χ2n) is 6.13. The first-order valence-electron chi connectivity index (χ1n) is 8.45. The minimum Gasteiger partial charge on any atom is -0.338 e. The molecule has 1 aliphatic rings. The molecule has 2 aromatic carbocycles. The highest BCUT2D eigenvalue weighted by molar-refractivity contribution is 7.99. The van der Waals surface area contributed by atoms with E-state index in [2.05, 4.69) is 20.6 Å². The van der Waals surface area contributed by atoms with Crippen LogP contribution in [-0.4, -0.2) is 40.0 Å². The first kappa shape index (κ1) is 18.8. The van der Waals surface area contributed by atoms with Gasteiger partial charge in [-0.15, -0.1) is 12.4 Å². The van der Waals surface area contributed by atoms with Gasteiger partial charge in [0.05, 0.1) is 16.7 Å². The van der Waals surface area contributed by atoms with Gasteiger partial charge in [-0.1, -0.05) is 24.3 Å². The summed E-state index contributed by atoms with van der Waals surface area (Å²) in [6.45, 7) is 0.970. The Morgan fingerprint density at radius 3 is 2.81 bits per heavy atom. The topological polar surface area (TPSA) is 69.8 Å². The van der Waals surface area contributed by atoms with E-state index in [0.717, 1.165) is 46.2 Å². The van der Waals surface area contributed by atoms with E-state index in [4.69, 9.17) is 0 Å². The van der Waals surface area contributed by atoms with Gasteiger partial charge in [-0.25, -0.2) is 4.98 Å². The van der Waals surface area contributed by atoms with Crippen LogP contribution in [0.4, 0.5) is 5.69 Å². The molecular formula is C19H21ClN4OS. The van der Waals surface area contributed by atoms with E-state index >= 15 is 0 Å². The van der Waals surface area contributed by atoms with Crippen LogP contribution in [0.2, 0.25) is 0 Å². The third kappa shape index (κ3) is 4.20. The first-order chi connectivity index (χ1) is 12.3. The summed E-state index contributed by atoms with van der Waals surface area (Å²) in [5.74, 6) is 2.90. The Morgan fingerprint density at radius 1 is 1.19 bits per heavy atom. The standard InChI is InChI=1S/C19H20N4OS.ClH/c24-18(11-13-12-25-10-9-20-13)21-15-6-2-1-5-14(15)19-22-16-7-3-4-8-17(16)23-19;/h1-8,13,20H,9-12H2,(H,21,24)(H,22,23);1H. The number of fused-ring (bicyclic) bond motifs is 1. The van der Waals surface area contributed by atoms with Crippen LogP contribution < -0.4 is 10.6 Å². The van der Waals surface area contributed by atoms with Crippen LogP contribution in [0.3, 0.4) is 0 Å². The number of para-hydroxylation sites is 3. The van der Waals surface area contributed by atoms with Crippen LogP contribution in [0.5, 0.6) is 0 Å². The number of halogens is 1. The van der Waals surface area contributed by atoms with Crippen LogP contribution in [0.15, 0.2) is 48.5 Å². The zero-order valence-electron chi connectivity index (χ0n) is 14.2. The summed E-state index contributed by atoms with van der Waals surface area (Å²) in [6.07, 6.45) is 0.488. The predicted molar refractivity (Wildman–Crippen MR) is 111 cm³/mol. The largest absolute Gasteiger partial charge is 0.338 e. The van der Waals surface area contributed by atoms with Crippen LogP contribution in [0.1, 0.15) is 6.42 Å². The van der Waals surface area contributed by atoms with Crippen molar-refractivity contribution in [2.45, 2.75) is 12.5 Å². The molecule has 1 aliphatic heterocycles. The molecule has 1 aromatic heterocycles. The monoisotopic (exact) mass is 388 g/mol. The van der Waals surface area contributed by atoms with E-state index in [1.807, 2.05) is 60.3 Å². The Kier molecular flexibility index (Phi) is 6.19. The molecule has 3 aromatic rings. The zero-order chi connectivity index (χ0) is 17.1. The molecule has 1 fully saturated rings. The number of carbonyl (C=O) groups is 1. The van der Waals surface area contributed by atoms with Gasteiger partial charge in [0.1, 0.15) is 5.82 Å². The molecular weight excluding hydrogens is 368 g/mol. The second-order valence-corrected chi connectivity index (χ2v) is 7.28. The maximum Gasteiger partial charge on any atom is 0.225 e. The summed E-state index contributed by atoms with van der Waals surface area (Å²) in [6, 6.07) is 15.9. The number of nitrogens with one attached hydrogen (secondary N) is 3. The fraction of sp³-hybridized carbons (Fsp3) is 0.263. The van der Waals surface area contributed by atoms with Crippen LogP contribution in [0.25, 0.3) is 22.4 Å². The number of rotatable bonds is 4. The van der Waals surface area contributed by atoms with E-state index in [9.17, 15) is 4.79 Å². The summed E-state index contributed by atoms with van der Waals surface area (Å²) in [5, 5.41) is 6.45. The van der Waals surface area contributed by atoms with Crippen molar-refractivity contribution in [3.8, 4) is 11.4 Å². The molecule has 7 heteroatoms. The van der Waals surface area contributed by atoms with Crippen molar-refractivity contribution in [2.75, 3.05) is 23.4 Å². The van der Waals surface area contributed by atoms with E-state index in [1.165, 1.54) is 0 Å². The molecule has 1 amide bonds. The quantitative estimate of drug-likeness (QED) is 0.637. The third-order valence-corrected chi connectivity index (χ3v) is 5.41. The van der Waals surface area contributed by atoms with E-state index in [-0.39, 0.29) is 24.4 Å². The summed E-state index contributed by atoms with van der Waals surface area (Å²) in [5.41, 5.74) is 3.59. The highest BCUT2D eigenvalue weighted by Crippen LogP contribution is 2.27.